The van der Waals surface area contributed by atoms with Gasteiger partial charge in [-0.25, -0.2) is 9.37 Å². The minimum Gasteiger partial charge on any atom is -0.388 e. The maximum absolute atomic E-state index is 13.5. The number of nitrogens with one attached hydrogen (secondary N) is 1. The molecule has 14 heavy (non-hydrogen) atoms. The molecular weight excluding hydrogens is 181 g/mol. The second kappa shape index (κ2) is 3.14. The predicted molar refractivity (Wildman–Crippen MR) is 55.7 cm³/mol. The van der Waals surface area contributed by atoms with Crippen LogP contribution in [0.1, 0.15) is 0 Å². The molecule has 0 amide bonds. The van der Waals surface area contributed by atoms with E-state index in [1.54, 1.807) is 19.2 Å². The Kier molecular flexibility index (Phi) is 1.96. The van der Waals surface area contributed by atoms with E-state index in [0.29, 0.717) is 22.3 Å². The SMILES string of the molecule is CNc1cccc2c(N)ncc(F)c12. The van der Waals surface area contributed by atoms with Crippen molar-refractivity contribution in [1.82, 2.24) is 4.98 Å². The normalized spacial score (nSPS) is 10.4. The van der Waals surface area contributed by atoms with E-state index in [1.807, 2.05) is 6.07 Å². The van der Waals surface area contributed by atoms with Crippen LogP contribution in [0.4, 0.5) is 15.9 Å². The first-order chi connectivity index (χ1) is 6.74. The summed E-state index contributed by atoms with van der Waals surface area (Å²) >= 11 is 0. The molecule has 1 heterocycles. The van der Waals surface area contributed by atoms with Crippen LogP contribution >= 0.6 is 0 Å². The summed E-state index contributed by atoms with van der Waals surface area (Å²) < 4.78 is 13.5. The van der Waals surface area contributed by atoms with Gasteiger partial charge >= 0.3 is 0 Å². The molecule has 0 aliphatic heterocycles. The number of hydrogen-bond donors (Lipinski definition) is 2. The number of nitrogens with zero attached hydrogens (tertiary/aromatic N) is 1. The van der Waals surface area contributed by atoms with Crippen molar-refractivity contribution < 1.29 is 4.39 Å². The molecule has 0 saturated carbocycles. The van der Waals surface area contributed by atoms with Gasteiger partial charge in [0, 0.05) is 23.5 Å². The average molecular weight is 191 g/mol. The molecule has 2 aromatic rings. The first-order valence-corrected chi connectivity index (χ1v) is 4.24. The summed E-state index contributed by atoms with van der Waals surface area (Å²) in [6.07, 6.45) is 1.14. The van der Waals surface area contributed by atoms with E-state index in [2.05, 4.69) is 10.3 Å². The van der Waals surface area contributed by atoms with Crippen LogP contribution in [-0.4, -0.2) is 12.0 Å². The van der Waals surface area contributed by atoms with E-state index < -0.39 is 0 Å². The van der Waals surface area contributed by atoms with Gasteiger partial charge in [0.05, 0.1) is 6.20 Å². The highest BCUT2D eigenvalue weighted by Gasteiger charge is 2.08. The Balaban J connectivity index is 2.92. The standard InChI is InChI=1S/C10H10FN3/c1-13-8-4-2-3-6-9(8)7(11)5-14-10(6)12/h2-5,13H,1H3,(H2,12,14). The summed E-state index contributed by atoms with van der Waals surface area (Å²) in [6.45, 7) is 0. The lowest BCUT2D eigenvalue weighted by Crippen LogP contribution is -1.97. The van der Waals surface area contributed by atoms with E-state index in [4.69, 9.17) is 5.73 Å². The third kappa shape index (κ3) is 1.16. The Labute approximate surface area is 80.8 Å². The zero-order chi connectivity index (χ0) is 10.1. The maximum atomic E-state index is 13.5. The topological polar surface area (TPSA) is 50.9 Å². The molecule has 0 aliphatic carbocycles. The molecule has 0 saturated heterocycles. The Morgan fingerprint density at radius 1 is 1.43 bits per heavy atom. The number of rotatable bonds is 1. The molecule has 0 bridgehead atoms. The average Bonchev–Trinajstić information content (AvgIpc) is 2.23. The fraction of sp³-hybridized carbons (Fsp3) is 0.100. The molecule has 72 valence electrons. The van der Waals surface area contributed by atoms with Crippen LogP contribution < -0.4 is 11.1 Å². The van der Waals surface area contributed by atoms with Crippen molar-refractivity contribution in [2.24, 2.45) is 0 Å². The third-order valence-electron chi connectivity index (χ3n) is 2.17. The van der Waals surface area contributed by atoms with E-state index in [0.717, 1.165) is 6.20 Å². The number of aromatic nitrogens is 1. The first kappa shape index (κ1) is 8.74. The van der Waals surface area contributed by atoms with E-state index >= 15 is 0 Å². The Morgan fingerprint density at radius 2 is 2.21 bits per heavy atom. The number of pyridine rings is 1. The Hall–Kier alpha value is -1.84. The number of anilines is 2. The fourth-order valence-corrected chi connectivity index (χ4v) is 1.49. The summed E-state index contributed by atoms with van der Waals surface area (Å²) in [7, 11) is 1.74. The van der Waals surface area contributed by atoms with E-state index in [1.165, 1.54) is 0 Å². The lowest BCUT2D eigenvalue weighted by atomic mass is 10.1. The van der Waals surface area contributed by atoms with Crippen molar-refractivity contribution in [3.8, 4) is 0 Å². The van der Waals surface area contributed by atoms with E-state index in [9.17, 15) is 4.39 Å². The molecule has 0 unspecified atom stereocenters. The highest BCUT2D eigenvalue weighted by Crippen LogP contribution is 2.28. The zero-order valence-electron chi connectivity index (χ0n) is 7.71. The van der Waals surface area contributed by atoms with Gasteiger partial charge in [-0.1, -0.05) is 12.1 Å². The number of nitrogen functional groups attached to an aromatic ring is 1. The number of halogens is 1. The van der Waals surface area contributed by atoms with Crippen molar-refractivity contribution in [3.63, 3.8) is 0 Å². The lowest BCUT2D eigenvalue weighted by Gasteiger charge is -2.07. The van der Waals surface area contributed by atoms with Gasteiger partial charge in [0.1, 0.15) is 5.82 Å². The molecule has 0 spiro atoms. The molecular formula is C10H10FN3. The molecule has 0 radical (unpaired) electrons. The van der Waals surface area contributed by atoms with Gasteiger partial charge in [-0.05, 0) is 6.07 Å². The van der Waals surface area contributed by atoms with Gasteiger partial charge < -0.3 is 11.1 Å². The highest BCUT2D eigenvalue weighted by molar-refractivity contribution is 5.99. The summed E-state index contributed by atoms with van der Waals surface area (Å²) in [5, 5.41) is 4.04. The summed E-state index contributed by atoms with van der Waals surface area (Å²) in [4.78, 5) is 3.76. The largest absolute Gasteiger partial charge is 0.388 e. The van der Waals surface area contributed by atoms with Crippen molar-refractivity contribution in [3.05, 3.63) is 30.2 Å². The monoisotopic (exact) mass is 191 g/mol. The number of hydrogen-bond acceptors (Lipinski definition) is 3. The van der Waals surface area contributed by atoms with Crippen LogP contribution in [0.5, 0.6) is 0 Å². The summed E-state index contributed by atoms with van der Waals surface area (Å²) in [6, 6.07) is 5.36. The molecule has 1 aromatic heterocycles. The van der Waals surface area contributed by atoms with Crippen LogP contribution in [0.25, 0.3) is 10.8 Å². The van der Waals surface area contributed by atoms with Crippen LogP contribution in [0.3, 0.4) is 0 Å². The first-order valence-electron chi connectivity index (χ1n) is 4.24. The van der Waals surface area contributed by atoms with Crippen LogP contribution in [0.15, 0.2) is 24.4 Å². The van der Waals surface area contributed by atoms with Crippen LogP contribution in [0.2, 0.25) is 0 Å². The van der Waals surface area contributed by atoms with Gasteiger partial charge in [-0.15, -0.1) is 0 Å². The van der Waals surface area contributed by atoms with Gasteiger partial charge in [0.25, 0.3) is 0 Å². The van der Waals surface area contributed by atoms with Crippen molar-refractivity contribution in [2.75, 3.05) is 18.1 Å². The Morgan fingerprint density at radius 3 is 2.93 bits per heavy atom. The molecule has 0 fully saturated rings. The van der Waals surface area contributed by atoms with Gasteiger partial charge in [-0.2, -0.15) is 0 Å². The van der Waals surface area contributed by atoms with Crippen molar-refractivity contribution >= 4 is 22.3 Å². The van der Waals surface area contributed by atoms with E-state index in [-0.39, 0.29) is 5.82 Å². The highest BCUT2D eigenvalue weighted by atomic mass is 19.1. The van der Waals surface area contributed by atoms with Crippen LogP contribution in [0, 0.1) is 5.82 Å². The minimum atomic E-state index is -0.362. The second-order valence-electron chi connectivity index (χ2n) is 2.97. The van der Waals surface area contributed by atoms with Crippen molar-refractivity contribution in [2.45, 2.75) is 0 Å². The summed E-state index contributed by atoms with van der Waals surface area (Å²) in [5.41, 5.74) is 6.36. The Bertz CT molecular complexity index is 482. The van der Waals surface area contributed by atoms with Gasteiger partial charge in [-0.3, -0.25) is 0 Å². The quantitative estimate of drug-likeness (QED) is 0.724. The van der Waals surface area contributed by atoms with Gasteiger partial charge in [0.2, 0.25) is 0 Å². The number of benzene rings is 1. The molecule has 3 N–H and O–H groups in total. The smallest absolute Gasteiger partial charge is 0.151 e. The molecule has 4 heteroatoms. The minimum absolute atomic E-state index is 0.346. The molecule has 0 atom stereocenters. The lowest BCUT2D eigenvalue weighted by molar-refractivity contribution is 0.634. The number of nitrogens with two attached hydrogens (primary N) is 1. The maximum Gasteiger partial charge on any atom is 0.151 e. The molecule has 2 rings (SSSR count). The van der Waals surface area contributed by atoms with Crippen molar-refractivity contribution in [1.29, 1.82) is 0 Å². The molecule has 3 nitrogen and oxygen atoms in total. The number of fused-ring (bicyclic) bond motifs is 1. The van der Waals surface area contributed by atoms with Gasteiger partial charge in [0.15, 0.2) is 5.82 Å². The molecule has 0 aliphatic rings. The molecule has 1 aromatic carbocycles. The fourth-order valence-electron chi connectivity index (χ4n) is 1.49. The third-order valence-corrected chi connectivity index (χ3v) is 2.17. The van der Waals surface area contributed by atoms with Crippen LogP contribution in [-0.2, 0) is 0 Å². The predicted octanol–water partition coefficient (Wildman–Crippen LogP) is 2.00. The zero-order valence-corrected chi connectivity index (χ0v) is 7.71. The summed E-state index contributed by atoms with van der Waals surface area (Å²) in [5.74, 6) is -0.0161. The second-order valence-corrected chi connectivity index (χ2v) is 2.97.